The van der Waals surface area contributed by atoms with Crippen LogP contribution in [0, 0.1) is 0 Å². The van der Waals surface area contributed by atoms with Crippen LogP contribution in [0.4, 0.5) is 0 Å². The Bertz CT molecular complexity index is 915. The van der Waals surface area contributed by atoms with Crippen LogP contribution in [0.25, 0.3) is 11.5 Å². The molecule has 4 rings (SSSR count). The molecule has 1 atom stereocenters. The summed E-state index contributed by atoms with van der Waals surface area (Å²) in [6.45, 7) is 0.962. The van der Waals surface area contributed by atoms with Crippen LogP contribution in [0.1, 0.15) is 17.0 Å². The van der Waals surface area contributed by atoms with E-state index in [2.05, 4.69) is 32.6 Å². The Kier molecular flexibility index (Phi) is 5.83. The quantitative estimate of drug-likeness (QED) is 0.741. The number of hydrogen-bond acceptors (Lipinski definition) is 6. The van der Waals surface area contributed by atoms with Gasteiger partial charge in [-0.25, -0.2) is 0 Å². The number of halogens is 1. The maximum absolute atomic E-state index is 12.8. The normalized spacial score (nSPS) is 15.5. The smallest absolute Gasteiger partial charge is 0.246 e. The molecule has 3 heterocycles. The maximum Gasteiger partial charge on any atom is 0.246 e. The summed E-state index contributed by atoms with van der Waals surface area (Å²) in [6.07, 6.45) is 2.36. The monoisotopic (exact) mass is 385 g/mol. The van der Waals surface area contributed by atoms with Crippen LogP contribution < -0.4 is 5.32 Å². The van der Waals surface area contributed by atoms with E-state index in [-0.39, 0.29) is 30.9 Å². The number of hydrogen-bond donors (Lipinski definition) is 1. The molecule has 0 saturated heterocycles. The highest BCUT2D eigenvalue weighted by Gasteiger charge is 2.27. The first-order chi connectivity index (χ1) is 12.7. The Morgan fingerprint density at radius 1 is 1.22 bits per heavy atom. The molecule has 0 radical (unpaired) electrons. The van der Waals surface area contributed by atoms with E-state index >= 15 is 0 Å². The predicted molar refractivity (Wildman–Crippen MR) is 102 cm³/mol. The number of rotatable bonds is 4. The van der Waals surface area contributed by atoms with Gasteiger partial charge in [0.25, 0.3) is 0 Å². The van der Waals surface area contributed by atoms with Crippen molar-refractivity contribution in [2.24, 2.45) is 0 Å². The number of aromatic nitrogens is 3. The van der Waals surface area contributed by atoms with Gasteiger partial charge in [-0.15, -0.1) is 12.4 Å². The van der Waals surface area contributed by atoms with E-state index in [1.165, 1.54) is 11.1 Å². The number of nitrogens with zero attached hydrogens (tertiary/aromatic N) is 4. The number of nitrogens with one attached hydrogen (secondary N) is 1. The number of pyridine rings is 1. The second-order valence-electron chi connectivity index (χ2n) is 6.33. The average Bonchev–Trinajstić information content (AvgIpc) is 3.16. The van der Waals surface area contributed by atoms with Crippen molar-refractivity contribution in [3.8, 4) is 11.5 Å². The van der Waals surface area contributed by atoms with E-state index in [9.17, 15) is 4.79 Å². The molecular formula is C19H20ClN5O2. The first kappa shape index (κ1) is 19.0. The third-order valence-corrected chi connectivity index (χ3v) is 4.49. The minimum atomic E-state index is -0.243. The molecule has 3 aromatic rings. The van der Waals surface area contributed by atoms with Crippen LogP contribution in [0.3, 0.4) is 0 Å². The molecule has 8 heteroatoms. The second kappa shape index (κ2) is 8.28. The van der Waals surface area contributed by atoms with Gasteiger partial charge in [-0.3, -0.25) is 9.78 Å². The van der Waals surface area contributed by atoms with E-state index in [4.69, 9.17) is 4.52 Å². The summed E-state index contributed by atoms with van der Waals surface area (Å²) < 4.78 is 5.27. The van der Waals surface area contributed by atoms with Crippen molar-refractivity contribution >= 4 is 18.3 Å². The third kappa shape index (κ3) is 4.15. The highest BCUT2D eigenvalue weighted by Crippen LogP contribution is 2.18. The molecular weight excluding hydrogens is 366 g/mol. The molecule has 0 saturated carbocycles. The van der Waals surface area contributed by atoms with Crippen molar-refractivity contribution in [3.05, 3.63) is 65.7 Å². The van der Waals surface area contributed by atoms with Gasteiger partial charge in [0, 0.05) is 19.8 Å². The van der Waals surface area contributed by atoms with E-state index in [1.54, 1.807) is 18.1 Å². The van der Waals surface area contributed by atoms with Gasteiger partial charge in [0.1, 0.15) is 5.69 Å². The van der Waals surface area contributed by atoms with E-state index in [0.29, 0.717) is 30.4 Å². The predicted octanol–water partition coefficient (Wildman–Crippen LogP) is 2.23. The zero-order valence-electron chi connectivity index (χ0n) is 14.8. The van der Waals surface area contributed by atoms with Gasteiger partial charge < -0.3 is 14.7 Å². The lowest BCUT2D eigenvalue weighted by atomic mass is 9.95. The van der Waals surface area contributed by atoms with Crippen LogP contribution in [0.2, 0.25) is 0 Å². The lowest BCUT2D eigenvalue weighted by molar-refractivity contribution is -0.133. The number of likely N-dealkylation sites (N-methyl/N-ethyl adjacent to an activating group) is 1. The number of benzene rings is 1. The summed E-state index contributed by atoms with van der Waals surface area (Å²) in [4.78, 5) is 22.9. The first-order valence-corrected chi connectivity index (χ1v) is 8.50. The van der Waals surface area contributed by atoms with Gasteiger partial charge in [0.2, 0.25) is 17.6 Å². The summed E-state index contributed by atoms with van der Waals surface area (Å²) in [5, 5.41) is 7.24. The third-order valence-electron chi connectivity index (χ3n) is 4.49. The van der Waals surface area contributed by atoms with Crippen LogP contribution in [-0.2, 0) is 24.3 Å². The Labute approximate surface area is 163 Å². The van der Waals surface area contributed by atoms with Gasteiger partial charge in [0.05, 0.1) is 12.6 Å². The first-order valence-electron chi connectivity index (χ1n) is 8.50. The number of carbonyl (C=O) groups excluding carboxylic acids is 1. The molecule has 1 aromatic carbocycles. The molecule has 1 amide bonds. The Hall–Kier alpha value is -2.77. The van der Waals surface area contributed by atoms with Crippen molar-refractivity contribution in [2.45, 2.75) is 25.6 Å². The Morgan fingerprint density at radius 3 is 2.78 bits per heavy atom. The molecule has 0 spiro atoms. The van der Waals surface area contributed by atoms with Gasteiger partial charge in [-0.1, -0.05) is 35.5 Å². The largest absolute Gasteiger partial charge is 0.337 e. The molecule has 1 aliphatic heterocycles. The Morgan fingerprint density at radius 2 is 2.00 bits per heavy atom. The summed E-state index contributed by atoms with van der Waals surface area (Å²) >= 11 is 0. The molecule has 0 unspecified atom stereocenters. The van der Waals surface area contributed by atoms with Gasteiger partial charge in [-0.05, 0) is 29.7 Å². The zero-order valence-corrected chi connectivity index (χ0v) is 15.6. The van der Waals surface area contributed by atoms with Gasteiger partial charge in [-0.2, -0.15) is 4.98 Å². The fraction of sp³-hybridized carbons (Fsp3) is 0.263. The molecule has 27 heavy (non-hydrogen) atoms. The summed E-state index contributed by atoms with van der Waals surface area (Å²) in [5.74, 6) is 0.820. The molecule has 0 aliphatic carbocycles. The molecule has 7 nitrogen and oxygen atoms in total. The standard InChI is InChI=1S/C19H19N5O2.ClH/c1-24(12-17-22-18(23-26-17)15-8-4-5-9-20-15)19(25)16-10-13-6-2-3-7-14(13)11-21-16;/h2-9,16,21H,10-12H2,1H3;1H/t16-;/m1./s1. The van der Waals surface area contributed by atoms with Crippen molar-refractivity contribution in [3.63, 3.8) is 0 Å². The highest BCUT2D eigenvalue weighted by atomic mass is 35.5. The van der Waals surface area contributed by atoms with Crippen molar-refractivity contribution < 1.29 is 9.32 Å². The minimum Gasteiger partial charge on any atom is -0.337 e. The average molecular weight is 386 g/mol. The second-order valence-corrected chi connectivity index (χ2v) is 6.33. The van der Waals surface area contributed by atoms with Crippen LogP contribution in [0.5, 0.6) is 0 Å². The van der Waals surface area contributed by atoms with Gasteiger partial charge >= 0.3 is 0 Å². The summed E-state index contributed by atoms with van der Waals surface area (Å²) in [5.41, 5.74) is 3.10. The molecule has 0 bridgehead atoms. The van der Waals surface area contributed by atoms with E-state index < -0.39 is 0 Å². The number of fused-ring (bicyclic) bond motifs is 1. The molecule has 1 N–H and O–H groups in total. The highest BCUT2D eigenvalue weighted by molar-refractivity contribution is 5.85. The zero-order chi connectivity index (χ0) is 17.9. The van der Waals surface area contributed by atoms with E-state index in [0.717, 1.165) is 0 Å². The summed E-state index contributed by atoms with van der Waals surface area (Å²) in [7, 11) is 1.75. The lowest BCUT2D eigenvalue weighted by Gasteiger charge is -2.28. The van der Waals surface area contributed by atoms with Crippen molar-refractivity contribution in [1.82, 2.24) is 25.3 Å². The van der Waals surface area contributed by atoms with Gasteiger partial charge in [0.15, 0.2) is 0 Å². The molecule has 1 aliphatic rings. The van der Waals surface area contributed by atoms with E-state index in [1.807, 2.05) is 30.3 Å². The Balaban J connectivity index is 0.00000210. The van der Waals surface area contributed by atoms with Crippen molar-refractivity contribution in [2.75, 3.05) is 7.05 Å². The molecule has 0 fully saturated rings. The van der Waals surface area contributed by atoms with Crippen LogP contribution in [0.15, 0.2) is 53.2 Å². The molecule has 2 aromatic heterocycles. The topological polar surface area (TPSA) is 84.2 Å². The number of amides is 1. The number of carbonyl (C=O) groups is 1. The molecule has 140 valence electrons. The fourth-order valence-corrected chi connectivity index (χ4v) is 3.09. The van der Waals surface area contributed by atoms with Crippen LogP contribution >= 0.6 is 12.4 Å². The SMILES string of the molecule is CN(Cc1nc(-c2ccccn2)no1)C(=O)[C@H]1Cc2ccccc2CN1.Cl. The minimum absolute atomic E-state index is 0. The van der Waals surface area contributed by atoms with Crippen LogP contribution in [-0.4, -0.2) is 39.0 Å². The summed E-state index contributed by atoms with van der Waals surface area (Å²) in [6, 6.07) is 13.4. The lowest BCUT2D eigenvalue weighted by Crippen LogP contribution is -2.48. The maximum atomic E-state index is 12.8. The van der Waals surface area contributed by atoms with Crippen molar-refractivity contribution in [1.29, 1.82) is 0 Å². The fourth-order valence-electron chi connectivity index (χ4n) is 3.09.